The van der Waals surface area contributed by atoms with Gasteiger partial charge in [0.15, 0.2) is 0 Å². The molecule has 0 radical (unpaired) electrons. The van der Waals surface area contributed by atoms with Crippen molar-refractivity contribution >= 4 is 46.1 Å². The van der Waals surface area contributed by atoms with Crippen LogP contribution >= 0.6 is 23.2 Å². The van der Waals surface area contributed by atoms with Gasteiger partial charge in [-0.3, -0.25) is 19.1 Å². The van der Waals surface area contributed by atoms with Crippen molar-refractivity contribution in [2.24, 2.45) is 0 Å². The van der Waals surface area contributed by atoms with Gasteiger partial charge in [0.05, 0.1) is 35.9 Å². The van der Waals surface area contributed by atoms with Gasteiger partial charge in [0.1, 0.15) is 17.1 Å². The molecule has 3 heterocycles. The van der Waals surface area contributed by atoms with Gasteiger partial charge in [0, 0.05) is 62.0 Å². The lowest BCUT2D eigenvalue weighted by atomic mass is 9.93. The number of methoxy groups -OCH3 is 2. The Morgan fingerprint density at radius 2 is 1.73 bits per heavy atom. The lowest BCUT2D eigenvalue weighted by molar-refractivity contribution is -0.127. The first-order valence-electron chi connectivity index (χ1n) is 14.8. The molecule has 1 amide bonds. The molecule has 0 bridgehead atoms. The van der Waals surface area contributed by atoms with E-state index in [-0.39, 0.29) is 39.2 Å². The average Bonchev–Trinajstić information content (AvgIpc) is 3.04. The van der Waals surface area contributed by atoms with Gasteiger partial charge in [-0.15, -0.1) is 0 Å². The van der Waals surface area contributed by atoms with Crippen molar-refractivity contribution in [3.8, 4) is 22.6 Å². The van der Waals surface area contributed by atoms with E-state index in [2.05, 4.69) is 21.8 Å². The van der Waals surface area contributed by atoms with Gasteiger partial charge >= 0.3 is 0 Å². The molecule has 2 aliphatic rings. The molecule has 3 aromatic rings. The average molecular weight is 646 g/mol. The van der Waals surface area contributed by atoms with Gasteiger partial charge in [0.25, 0.3) is 5.56 Å². The van der Waals surface area contributed by atoms with E-state index in [1.54, 1.807) is 27.8 Å². The molecule has 11 nitrogen and oxygen atoms in total. The maximum atomic E-state index is 14.2. The maximum absolute atomic E-state index is 14.2. The molecule has 1 saturated heterocycles. The third-order valence-corrected chi connectivity index (χ3v) is 9.17. The fourth-order valence-corrected chi connectivity index (χ4v) is 6.62. The Morgan fingerprint density at radius 1 is 1.07 bits per heavy atom. The highest BCUT2D eigenvalue weighted by Gasteiger charge is 2.25. The summed E-state index contributed by atoms with van der Waals surface area (Å²) in [4.78, 5) is 39.6. The summed E-state index contributed by atoms with van der Waals surface area (Å²) in [5.74, 6) is 1.04. The molecular formula is C31H38Cl2N6O5. The molecule has 2 aromatic heterocycles. The van der Waals surface area contributed by atoms with Gasteiger partial charge in [-0.2, -0.15) is 4.98 Å². The highest BCUT2D eigenvalue weighted by molar-refractivity contribution is 6.41. The van der Waals surface area contributed by atoms with E-state index < -0.39 is 0 Å². The number of rotatable bonds is 10. The Morgan fingerprint density at radius 3 is 2.34 bits per heavy atom. The van der Waals surface area contributed by atoms with Gasteiger partial charge in [-0.05, 0) is 50.8 Å². The predicted molar refractivity (Wildman–Crippen MR) is 172 cm³/mol. The summed E-state index contributed by atoms with van der Waals surface area (Å²) in [5, 5.41) is 14.3. The topological polar surface area (TPSA) is 122 Å². The normalized spacial score (nSPS) is 19.2. The van der Waals surface area contributed by atoms with Crippen molar-refractivity contribution in [1.82, 2.24) is 24.3 Å². The number of carbonyl (C=O) groups is 1. The van der Waals surface area contributed by atoms with Crippen molar-refractivity contribution < 1.29 is 19.4 Å². The molecule has 0 unspecified atom stereocenters. The number of amides is 1. The van der Waals surface area contributed by atoms with Crippen LogP contribution in [-0.2, 0) is 11.3 Å². The van der Waals surface area contributed by atoms with Crippen LogP contribution in [0.25, 0.3) is 22.2 Å². The molecule has 2 N–H and O–H groups in total. The first kappa shape index (κ1) is 32.0. The molecule has 1 saturated carbocycles. The number of anilines is 1. The molecule has 44 heavy (non-hydrogen) atoms. The van der Waals surface area contributed by atoms with E-state index in [9.17, 15) is 14.7 Å². The van der Waals surface area contributed by atoms with E-state index in [0.29, 0.717) is 60.1 Å². The van der Waals surface area contributed by atoms with Crippen molar-refractivity contribution in [3.63, 3.8) is 0 Å². The standard InChI is InChI=1S/C31H38Cl2N6O5/c1-4-25(41)38-14-12-37(13-15-38)10-5-11-39-29-19(18-34-31(36-29)35-20-6-8-21(40)9-7-20)16-22(30(39)42)26-27(32)23(43-2)17-24(44-3)28(26)33/h4,16-18,20-21,40H,1,5-15H2,2-3H3,(H,34,35,36). The second-order valence-electron chi connectivity index (χ2n) is 11.1. The minimum Gasteiger partial charge on any atom is -0.495 e. The summed E-state index contributed by atoms with van der Waals surface area (Å²) in [7, 11) is 2.97. The predicted octanol–water partition coefficient (Wildman–Crippen LogP) is 4.22. The molecule has 0 spiro atoms. The zero-order chi connectivity index (χ0) is 31.4. The van der Waals surface area contributed by atoms with E-state index in [4.69, 9.17) is 37.7 Å². The van der Waals surface area contributed by atoms with E-state index in [0.717, 1.165) is 45.3 Å². The maximum Gasteiger partial charge on any atom is 0.260 e. The minimum absolute atomic E-state index is 0.0560. The highest BCUT2D eigenvalue weighted by atomic mass is 35.5. The molecule has 0 atom stereocenters. The lowest BCUT2D eigenvalue weighted by Crippen LogP contribution is -2.48. The Balaban J connectivity index is 1.49. The van der Waals surface area contributed by atoms with E-state index >= 15 is 0 Å². The molecule has 2 fully saturated rings. The number of nitrogens with one attached hydrogen (secondary N) is 1. The summed E-state index contributed by atoms with van der Waals surface area (Å²) in [6.45, 7) is 7.47. The number of hydrogen-bond acceptors (Lipinski definition) is 9. The molecule has 13 heteroatoms. The number of aromatic nitrogens is 3. The number of aryl methyl sites for hydroxylation is 1. The molecule has 1 aliphatic heterocycles. The van der Waals surface area contributed by atoms with Gasteiger partial charge in [-0.1, -0.05) is 29.8 Å². The Hall–Kier alpha value is -3.38. The fraction of sp³-hybridized carbons (Fsp3) is 0.484. The largest absolute Gasteiger partial charge is 0.495 e. The highest BCUT2D eigenvalue weighted by Crippen LogP contribution is 2.45. The van der Waals surface area contributed by atoms with E-state index in [1.807, 2.05) is 0 Å². The molecular weight excluding hydrogens is 607 g/mol. The number of piperazine rings is 1. The molecule has 236 valence electrons. The third kappa shape index (κ3) is 6.81. The zero-order valence-corrected chi connectivity index (χ0v) is 26.5. The zero-order valence-electron chi connectivity index (χ0n) is 25.0. The quantitative estimate of drug-likeness (QED) is 0.312. The Labute approximate surface area is 266 Å². The molecule has 1 aromatic carbocycles. The SMILES string of the molecule is C=CC(=O)N1CCN(CCCn2c(=O)c(-c3c(Cl)c(OC)cc(OC)c3Cl)cc3cnc(NC4CCC(O)CC4)nc32)CC1. The van der Waals surface area contributed by atoms with Crippen LogP contribution in [0.15, 0.2) is 35.8 Å². The summed E-state index contributed by atoms with van der Waals surface area (Å²) >= 11 is 13.5. The Kier molecular flexibility index (Phi) is 10.3. The van der Waals surface area contributed by atoms with Crippen molar-refractivity contribution in [2.45, 2.75) is 50.8 Å². The summed E-state index contributed by atoms with van der Waals surface area (Å²) in [6, 6.07) is 3.43. The van der Waals surface area contributed by atoms with Crippen LogP contribution < -0.4 is 20.3 Å². The number of aliphatic hydroxyl groups excluding tert-OH is 1. The van der Waals surface area contributed by atoms with Crippen LogP contribution in [0.3, 0.4) is 0 Å². The summed E-state index contributed by atoms with van der Waals surface area (Å²) < 4.78 is 12.6. The molecule has 1 aliphatic carbocycles. The van der Waals surface area contributed by atoms with Crippen LogP contribution in [0.4, 0.5) is 5.95 Å². The van der Waals surface area contributed by atoms with Gasteiger partial charge in [0.2, 0.25) is 11.9 Å². The Bertz CT molecular complexity index is 1550. The lowest BCUT2D eigenvalue weighted by Gasteiger charge is -2.34. The second kappa shape index (κ2) is 14.2. The first-order chi connectivity index (χ1) is 21.2. The minimum atomic E-state index is -0.302. The monoisotopic (exact) mass is 644 g/mol. The number of benzene rings is 1. The number of aliphatic hydroxyl groups is 1. The van der Waals surface area contributed by atoms with Crippen LogP contribution in [0.1, 0.15) is 32.1 Å². The van der Waals surface area contributed by atoms with Crippen molar-refractivity contribution in [2.75, 3.05) is 52.3 Å². The fourth-order valence-electron chi connectivity index (χ4n) is 5.91. The molecule has 5 rings (SSSR count). The third-order valence-electron chi connectivity index (χ3n) is 8.41. The van der Waals surface area contributed by atoms with Crippen LogP contribution in [0.2, 0.25) is 10.0 Å². The smallest absolute Gasteiger partial charge is 0.260 e. The summed E-state index contributed by atoms with van der Waals surface area (Å²) in [5.41, 5.74) is 0.794. The van der Waals surface area contributed by atoms with Crippen molar-refractivity contribution in [1.29, 1.82) is 0 Å². The number of pyridine rings is 1. The first-order valence-corrected chi connectivity index (χ1v) is 15.6. The van der Waals surface area contributed by atoms with Crippen LogP contribution in [0, 0.1) is 0 Å². The number of halogens is 2. The van der Waals surface area contributed by atoms with Gasteiger partial charge < -0.3 is 24.8 Å². The summed E-state index contributed by atoms with van der Waals surface area (Å²) in [6.07, 6.45) is 6.51. The number of nitrogens with zero attached hydrogens (tertiary/aromatic N) is 5. The number of ether oxygens (including phenoxy) is 2. The van der Waals surface area contributed by atoms with Crippen molar-refractivity contribution in [3.05, 3.63) is 51.4 Å². The van der Waals surface area contributed by atoms with Crippen LogP contribution in [-0.4, -0.2) is 94.4 Å². The van der Waals surface area contributed by atoms with Gasteiger partial charge in [-0.25, -0.2) is 4.98 Å². The number of fused-ring (bicyclic) bond motifs is 1. The number of hydrogen-bond donors (Lipinski definition) is 2. The van der Waals surface area contributed by atoms with Crippen LogP contribution in [0.5, 0.6) is 11.5 Å². The van der Waals surface area contributed by atoms with E-state index in [1.165, 1.54) is 20.3 Å². The number of carbonyl (C=O) groups excluding carboxylic acids is 1. The second-order valence-corrected chi connectivity index (χ2v) is 11.9.